The average Bonchev–Trinajstić information content (AvgIpc) is 3.08. The van der Waals surface area contributed by atoms with Crippen molar-refractivity contribution in [2.45, 2.75) is 19.1 Å². The monoisotopic (exact) mass is 392 g/mol. The molecule has 3 rings (SSSR count). The molecule has 0 saturated carbocycles. The average molecular weight is 392 g/mol. The molecule has 1 N–H and O–H groups in total. The van der Waals surface area contributed by atoms with Crippen molar-refractivity contribution in [1.29, 1.82) is 0 Å². The van der Waals surface area contributed by atoms with Gasteiger partial charge in [-0.1, -0.05) is 12.1 Å². The summed E-state index contributed by atoms with van der Waals surface area (Å²) in [5.74, 6) is 0.967. The van der Waals surface area contributed by atoms with Crippen LogP contribution in [0, 0.1) is 0 Å². The van der Waals surface area contributed by atoms with Gasteiger partial charge in [0.15, 0.2) is 11.5 Å². The molecule has 0 radical (unpaired) electrons. The minimum atomic E-state index is -2.94. The van der Waals surface area contributed by atoms with Gasteiger partial charge >= 0.3 is 6.61 Å². The van der Waals surface area contributed by atoms with Crippen LogP contribution in [-0.4, -0.2) is 39.1 Å². The van der Waals surface area contributed by atoms with Crippen molar-refractivity contribution in [3.63, 3.8) is 0 Å². The summed E-state index contributed by atoms with van der Waals surface area (Å²) in [4.78, 5) is 12.7. The molecule has 6 nitrogen and oxygen atoms in total. The zero-order valence-corrected chi connectivity index (χ0v) is 15.3. The second kappa shape index (κ2) is 8.81. The Labute approximate surface area is 158 Å². The van der Waals surface area contributed by atoms with E-state index in [4.69, 9.17) is 0 Å². The molecule has 0 aliphatic heterocycles. The third kappa shape index (κ3) is 4.73. The molecule has 0 aliphatic rings. The van der Waals surface area contributed by atoms with E-state index in [1.807, 2.05) is 35.1 Å². The number of aromatic nitrogens is 3. The van der Waals surface area contributed by atoms with Gasteiger partial charge in [-0.3, -0.25) is 9.20 Å². The summed E-state index contributed by atoms with van der Waals surface area (Å²) in [6.07, 6.45) is 4.46. The SMILES string of the molecule is CSCCC(NC(=O)c1cccc(OC(F)F)c1)c1nnc2ccccn12. The second-order valence-corrected chi connectivity index (χ2v) is 6.69. The smallest absolute Gasteiger partial charge is 0.387 e. The molecule has 2 heterocycles. The predicted octanol–water partition coefficient (Wildman–Crippen LogP) is 3.55. The second-order valence-electron chi connectivity index (χ2n) is 5.70. The van der Waals surface area contributed by atoms with E-state index in [0.29, 0.717) is 17.9 Å². The first-order valence-corrected chi connectivity index (χ1v) is 9.62. The summed E-state index contributed by atoms with van der Waals surface area (Å²) in [5, 5.41) is 11.3. The van der Waals surface area contributed by atoms with Crippen molar-refractivity contribution in [2.24, 2.45) is 0 Å². The number of carbonyl (C=O) groups excluding carboxylic acids is 1. The van der Waals surface area contributed by atoms with E-state index in [1.54, 1.807) is 17.8 Å². The fraction of sp³-hybridized carbons (Fsp3) is 0.278. The van der Waals surface area contributed by atoms with E-state index < -0.39 is 12.5 Å². The standard InChI is InChI=1S/C18H18F2N4O2S/c1-27-10-8-14(16-23-22-15-7-2-3-9-24(15)16)21-17(25)12-5-4-6-13(11-12)26-18(19)20/h2-7,9,11,14,18H,8,10H2,1H3,(H,21,25). The van der Waals surface area contributed by atoms with Crippen molar-refractivity contribution in [1.82, 2.24) is 19.9 Å². The fourth-order valence-electron chi connectivity index (χ4n) is 2.65. The van der Waals surface area contributed by atoms with Crippen LogP contribution in [0.2, 0.25) is 0 Å². The number of carbonyl (C=O) groups is 1. The number of rotatable bonds is 8. The van der Waals surface area contributed by atoms with E-state index in [2.05, 4.69) is 20.3 Å². The molecule has 1 atom stereocenters. The van der Waals surface area contributed by atoms with Gasteiger partial charge in [0.05, 0.1) is 6.04 Å². The van der Waals surface area contributed by atoms with Crippen molar-refractivity contribution in [3.05, 3.63) is 60.0 Å². The third-order valence-corrected chi connectivity index (χ3v) is 4.53. The van der Waals surface area contributed by atoms with Gasteiger partial charge in [0, 0.05) is 11.8 Å². The Bertz CT molecular complexity index is 919. The van der Waals surface area contributed by atoms with E-state index >= 15 is 0 Å². The Morgan fingerprint density at radius 1 is 1.26 bits per heavy atom. The lowest BCUT2D eigenvalue weighted by atomic mass is 10.1. The summed E-state index contributed by atoms with van der Waals surface area (Å²) < 4.78 is 31.0. The minimum Gasteiger partial charge on any atom is -0.435 e. The molecule has 1 amide bonds. The molecule has 0 fully saturated rings. The lowest BCUT2D eigenvalue weighted by Gasteiger charge is -2.17. The Morgan fingerprint density at radius 2 is 2.11 bits per heavy atom. The lowest BCUT2D eigenvalue weighted by molar-refractivity contribution is -0.0498. The van der Waals surface area contributed by atoms with Gasteiger partial charge in [0.25, 0.3) is 5.91 Å². The number of nitrogens with one attached hydrogen (secondary N) is 1. The number of halogens is 2. The first-order chi connectivity index (χ1) is 13.1. The highest BCUT2D eigenvalue weighted by atomic mass is 32.2. The van der Waals surface area contributed by atoms with Crippen LogP contribution >= 0.6 is 11.8 Å². The Morgan fingerprint density at radius 3 is 2.89 bits per heavy atom. The number of nitrogens with zero attached hydrogens (tertiary/aromatic N) is 3. The van der Waals surface area contributed by atoms with Gasteiger partial charge in [-0.2, -0.15) is 20.5 Å². The maximum Gasteiger partial charge on any atom is 0.387 e. The Kier molecular flexibility index (Phi) is 6.23. The Hall–Kier alpha value is -2.68. The number of alkyl halides is 2. The number of ether oxygens (including phenoxy) is 1. The van der Waals surface area contributed by atoms with Crippen LogP contribution in [0.4, 0.5) is 8.78 Å². The molecule has 3 aromatic rings. The number of pyridine rings is 1. The van der Waals surface area contributed by atoms with Crippen LogP contribution < -0.4 is 10.1 Å². The summed E-state index contributed by atoms with van der Waals surface area (Å²) in [6.45, 7) is -2.94. The van der Waals surface area contributed by atoms with Gasteiger partial charge in [0.1, 0.15) is 5.75 Å². The van der Waals surface area contributed by atoms with Gasteiger partial charge in [0.2, 0.25) is 0 Å². The highest BCUT2D eigenvalue weighted by molar-refractivity contribution is 7.98. The van der Waals surface area contributed by atoms with E-state index in [9.17, 15) is 13.6 Å². The number of hydrogen-bond donors (Lipinski definition) is 1. The van der Waals surface area contributed by atoms with Gasteiger partial charge < -0.3 is 10.1 Å². The number of hydrogen-bond acceptors (Lipinski definition) is 5. The van der Waals surface area contributed by atoms with Crippen LogP contribution in [0.15, 0.2) is 48.7 Å². The maximum absolute atomic E-state index is 12.7. The van der Waals surface area contributed by atoms with Gasteiger partial charge in [-0.15, -0.1) is 10.2 Å². The highest BCUT2D eigenvalue weighted by Crippen LogP contribution is 2.20. The van der Waals surface area contributed by atoms with E-state index in [1.165, 1.54) is 18.2 Å². The molecule has 1 aromatic carbocycles. The van der Waals surface area contributed by atoms with Crippen molar-refractivity contribution in [3.8, 4) is 5.75 Å². The van der Waals surface area contributed by atoms with Crippen LogP contribution in [-0.2, 0) is 0 Å². The Balaban J connectivity index is 1.83. The van der Waals surface area contributed by atoms with Crippen molar-refractivity contribution in [2.75, 3.05) is 12.0 Å². The van der Waals surface area contributed by atoms with Crippen molar-refractivity contribution < 1.29 is 18.3 Å². The molecule has 0 spiro atoms. The summed E-state index contributed by atoms with van der Waals surface area (Å²) in [5.41, 5.74) is 0.916. The summed E-state index contributed by atoms with van der Waals surface area (Å²) in [7, 11) is 0. The number of benzene rings is 1. The zero-order valence-electron chi connectivity index (χ0n) is 14.5. The number of thioether (sulfide) groups is 1. The molecule has 142 valence electrons. The zero-order chi connectivity index (χ0) is 19.2. The molecule has 27 heavy (non-hydrogen) atoms. The molecule has 1 unspecified atom stereocenters. The van der Waals surface area contributed by atoms with Crippen LogP contribution in [0.1, 0.15) is 28.6 Å². The first-order valence-electron chi connectivity index (χ1n) is 8.23. The van der Waals surface area contributed by atoms with Gasteiger partial charge in [-0.25, -0.2) is 0 Å². The van der Waals surface area contributed by atoms with E-state index in [0.717, 1.165) is 5.75 Å². The fourth-order valence-corrected chi connectivity index (χ4v) is 3.13. The largest absolute Gasteiger partial charge is 0.435 e. The lowest BCUT2D eigenvalue weighted by Crippen LogP contribution is -2.30. The highest BCUT2D eigenvalue weighted by Gasteiger charge is 2.21. The summed E-state index contributed by atoms with van der Waals surface area (Å²) >= 11 is 1.65. The van der Waals surface area contributed by atoms with Crippen molar-refractivity contribution >= 4 is 23.3 Å². The molecule has 9 heteroatoms. The molecule has 2 aromatic heterocycles. The maximum atomic E-state index is 12.7. The third-order valence-electron chi connectivity index (χ3n) is 3.89. The topological polar surface area (TPSA) is 68.5 Å². The minimum absolute atomic E-state index is 0.0637. The quantitative estimate of drug-likeness (QED) is 0.635. The normalized spacial score (nSPS) is 12.3. The van der Waals surface area contributed by atoms with Crippen LogP contribution in [0.25, 0.3) is 5.65 Å². The van der Waals surface area contributed by atoms with Crippen LogP contribution in [0.5, 0.6) is 5.75 Å². The molecule has 0 saturated heterocycles. The molecule has 0 bridgehead atoms. The number of fused-ring (bicyclic) bond motifs is 1. The summed E-state index contributed by atoms with van der Waals surface area (Å²) in [6, 6.07) is 10.9. The predicted molar refractivity (Wildman–Crippen MR) is 99.3 cm³/mol. The molecular weight excluding hydrogens is 374 g/mol. The molecule has 0 aliphatic carbocycles. The van der Waals surface area contributed by atoms with Crippen LogP contribution in [0.3, 0.4) is 0 Å². The number of amides is 1. The van der Waals surface area contributed by atoms with Gasteiger partial charge in [-0.05, 0) is 48.8 Å². The first kappa shape index (κ1) is 19.1. The van der Waals surface area contributed by atoms with E-state index in [-0.39, 0.29) is 17.4 Å². The molecular formula is C18H18F2N4O2S.